The van der Waals surface area contributed by atoms with Gasteiger partial charge in [-0.1, -0.05) is 46.3 Å². The summed E-state index contributed by atoms with van der Waals surface area (Å²) in [5.41, 5.74) is 3.52. The molecule has 118 valence electrons. The van der Waals surface area contributed by atoms with Gasteiger partial charge in [0.2, 0.25) is 11.8 Å². The minimum absolute atomic E-state index is 0.196. The molecule has 0 saturated heterocycles. The normalized spacial score (nSPS) is 12.4. The third-order valence-electron chi connectivity index (χ3n) is 3.86. The van der Waals surface area contributed by atoms with E-state index in [4.69, 9.17) is 0 Å². The molecule has 0 unspecified atom stereocenters. The van der Waals surface area contributed by atoms with Crippen LogP contribution in [0.25, 0.3) is 0 Å². The fourth-order valence-corrected chi connectivity index (χ4v) is 3.37. The molecule has 1 N–H and O–H groups in total. The van der Waals surface area contributed by atoms with Gasteiger partial charge in [-0.2, -0.15) is 0 Å². The van der Waals surface area contributed by atoms with Crippen molar-refractivity contribution in [2.45, 2.75) is 19.8 Å². The molecule has 0 aliphatic carbocycles. The standard InChI is InChI=1S/C18H17BrN2O2/c1-12(22)21(17(23)9-13-5-3-2-4-6-13)16-11-15(19)10-14-7-8-20-18(14)16/h2-6,10-11,20H,7-9H2,1H3. The molecule has 0 radical (unpaired) electrons. The molecule has 0 bridgehead atoms. The van der Waals surface area contributed by atoms with E-state index in [1.54, 1.807) is 0 Å². The Labute approximate surface area is 143 Å². The Kier molecular flexibility index (Phi) is 4.48. The van der Waals surface area contributed by atoms with Crippen molar-refractivity contribution >= 4 is 39.1 Å². The lowest BCUT2D eigenvalue weighted by Crippen LogP contribution is -2.36. The Morgan fingerprint density at radius 3 is 2.65 bits per heavy atom. The second kappa shape index (κ2) is 6.54. The first kappa shape index (κ1) is 15.7. The lowest BCUT2D eigenvalue weighted by atomic mass is 10.1. The van der Waals surface area contributed by atoms with Gasteiger partial charge in [0, 0.05) is 17.9 Å². The zero-order chi connectivity index (χ0) is 16.4. The summed E-state index contributed by atoms with van der Waals surface area (Å²) in [4.78, 5) is 26.1. The van der Waals surface area contributed by atoms with Crippen LogP contribution in [0.5, 0.6) is 0 Å². The van der Waals surface area contributed by atoms with Gasteiger partial charge >= 0.3 is 0 Å². The van der Waals surface area contributed by atoms with Gasteiger partial charge < -0.3 is 5.32 Å². The highest BCUT2D eigenvalue weighted by atomic mass is 79.9. The highest BCUT2D eigenvalue weighted by Crippen LogP contribution is 2.37. The quantitative estimate of drug-likeness (QED) is 0.896. The molecule has 0 spiro atoms. The number of hydrogen-bond donors (Lipinski definition) is 1. The average Bonchev–Trinajstić information content (AvgIpc) is 2.96. The number of halogens is 1. The number of amides is 2. The highest BCUT2D eigenvalue weighted by Gasteiger charge is 2.26. The smallest absolute Gasteiger partial charge is 0.238 e. The number of rotatable bonds is 3. The third kappa shape index (κ3) is 3.29. The minimum Gasteiger partial charge on any atom is -0.383 e. The van der Waals surface area contributed by atoms with Crippen molar-refractivity contribution in [1.82, 2.24) is 0 Å². The number of nitrogens with zero attached hydrogens (tertiary/aromatic N) is 1. The number of carbonyl (C=O) groups excluding carboxylic acids is 2. The second-order valence-electron chi connectivity index (χ2n) is 5.55. The van der Waals surface area contributed by atoms with E-state index < -0.39 is 0 Å². The fourth-order valence-electron chi connectivity index (χ4n) is 2.88. The molecule has 0 saturated carbocycles. The monoisotopic (exact) mass is 372 g/mol. The van der Waals surface area contributed by atoms with Crippen LogP contribution < -0.4 is 10.2 Å². The van der Waals surface area contributed by atoms with Crippen molar-refractivity contribution in [3.8, 4) is 0 Å². The zero-order valence-electron chi connectivity index (χ0n) is 12.8. The summed E-state index contributed by atoms with van der Waals surface area (Å²) >= 11 is 3.47. The maximum absolute atomic E-state index is 12.7. The van der Waals surface area contributed by atoms with Crippen LogP contribution in [-0.2, 0) is 22.4 Å². The molecule has 4 nitrogen and oxygen atoms in total. The summed E-state index contributed by atoms with van der Waals surface area (Å²) in [5.74, 6) is -0.502. The number of hydrogen-bond acceptors (Lipinski definition) is 3. The van der Waals surface area contributed by atoms with Gasteiger partial charge in [0.15, 0.2) is 0 Å². The molecule has 0 aromatic heterocycles. The van der Waals surface area contributed by atoms with E-state index in [0.29, 0.717) is 5.69 Å². The molecule has 1 heterocycles. The van der Waals surface area contributed by atoms with Crippen LogP contribution >= 0.6 is 15.9 Å². The topological polar surface area (TPSA) is 49.4 Å². The molecule has 2 aromatic carbocycles. The van der Waals surface area contributed by atoms with Crippen LogP contribution in [0.4, 0.5) is 11.4 Å². The summed E-state index contributed by atoms with van der Waals surface area (Å²) in [7, 11) is 0. The van der Waals surface area contributed by atoms with E-state index in [1.165, 1.54) is 11.8 Å². The summed E-state index contributed by atoms with van der Waals surface area (Å²) in [5, 5.41) is 3.28. The van der Waals surface area contributed by atoms with Crippen molar-refractivity contribution in [3.05, 3.63) is 58.1 Å². The van der Waals surface area contributed by atoms with E-state index in [2.05, 4.69) is 21.2 Å². The van der Waals surface area contributed by atoms with Gasteiger partial charge in [-0.15, -0.1) is 0 Å². The van der Waals surface area contributed by atoms with Crippen molar-refractivity contribution in [3.63, 3.8) is 0 Å². The highest BCUT2D eigenvalue weighted by molar-refractivity contribution is 9.10. The van der Waals surface area contributed by atoms with Gasteiger partial charge in [0.25, 0.3) is 0 Å². The number of benzene rings is 2. The van der Waals surface area contributed by atoms with Crippen LogP contribution in [0, 0.1) is 0 Å². The van der Waals surface area contributed by atoms with Gasteiger partial charge in [0.05, 0.1) is 17.8 Å². The summed E-state index contributed by atoms with van der Waals surface area (Å²) < 4.78 is 0.869. The lowest BCUT2D eigenvalue weighted by molar-refractivity contribution is -0.125. The van der Waals surface area contributed by atoms with Crippen molar-refractivity contribution in [1.29, 1.82) is 0 Å². The van der Waals surface area contributed by atoms with Crippen molar-refractivity contribution < 1.29 is 9.59 Å². The Morgan fingerprint density at radius 1 is 1.22 bits per heavy atom. The number of anilines is 2. The molecule has 3 rings (SSSR count). The number of nitrogens with one attached hydrogen (secondary N) is 1. The number of fused-ring (bicyclic) bond motifs is 1. The van der Waals surface area contributed by atoms with Crippen LogP contribution in [0.15, 0.2) is 46.9 Å². The predicted molar refractivity (Wildman–Crippen MR) is 94.6 cm³/mol. The van der Waals surface area contributed by atoms with Crippen molar-refractivity contribution in [2.24, 2.45) is 0 Å². The zero-order valence-corrected chi connectivity index (χ0v) is 14.4. The largest absolute Gasteiger partial charge is 0.383 e. The third-order valence-corrected chi connectivity index (χ3v) is 4.32. The van der Waals surface area contributed by atoms with E-state index >= 15 is 0 Å². The molecule has 23 heavy (non-hydrogen) atoms. The van der Waals surface area contributed by atoms with Crippen LogP contribution in [0.1, 0.15) is 18.1 Å². The van der Waals surface area contributed by atoms with Gasteiger partial charge in [-0.3, -0.25) is 9.59 Å². The van der Waals surface area contributed by atoms with Gasteiger partial charge in [-0.05, 0) is 29.7 Å². The maximum Gasteiger partial charge on any atom is 0.238 e. The fraction of sp³-hybridized carbons (Fsp3) is 0.222. The van der Waals surface area contributed by atoms with Crippen LogP contribution in [0.2, 0.25) is 0 Å². The molecule has 0 atom stereocenters. The second-order valence-corrected chi connectivity index (χ2v) is 6.46. The maximum atomic E-state index is 12.7. The summed E-state index contributed by atoms with van der Waals surface area (Å²) in [6.07, 6.45) is 1.09. The van der Waals surface area contributed by atoms with E-state index in [1.807, 2.05) is 42.5 Å². The summed E-state index contributed by atoms with van der Waals surface area (Å²) in [6, 6.07) is 13.3. The van der Waals surface area contributed by atoms with Gasteiger partial charge in [-0.25, -0.2) is 4.90 Å². The molecular weight excluding hydrogens is 356 g/mol. The number of carbonyl (C=O) groups is 2. The molecule has 5 heteroatoms. The Hall–Kier alpha value is -2.14. The Morgan fingerprint density at radius 2 is 1.96 bits per heavy atom. The molecule has 1 aliphatic heterocycles. The Balaban J connectivity index is 1.97. The SMILES string of the molecule is CC(=O)N(C(=O)Cc1ccccc1)c1cc(Br)cc2c1NCC2. The first-order valence-electron chi connectivity index (χ1n) is 7.50. The molecule has 2 amide bonds. The van der Waals surface area contributed by atoms with Crippen LogP contribution in [-0.4, -0.2) is 18.4 Å². The average molecular weight is 373 g/mol. The number of imide groups is 1. The van der Waals surface area contributed by atoms with Crippen molar-refractivity contribution in [2.75, 3.05) is 16.8 Å². The minimum atomic E-state index is -0.278. The molecule has 0 fully saturated rings. The molecule has 2 aromatic rings. The first-order valence-corrected chi connectivity index (χ1v) is 8.29. The summed E-state index contributed by atoms with van der Waals surface area (Å²) in [6.45, 7) is 2.24. The predicted octanol–water partition coefficient (Wildman–Crippen LogP) is 3.54. The lowest BCUT2D eigenvalue weighted by Gasteiger charge is -2.22. The van der Waals surface area contributed by atoms with E-state index in [9.17, 15) is 9.59 Å². The molecule has 1 aliphatic rings. The van der Waals surface area contributed by atoms with E-state index in [-0.39, 0.29) is 18.2 Å². The first-order chi connectivity index (χ1) is 11.1. The Bertz CT molecular complexity index is 759. The molecular formula is C18H17BrN2O2. The van der Waals surface area contributed by atoms with Gasteiger partial charge in [0.1, 0.15) is 0 Å². The van der Waals surface area contributed by atoms with Crippen LogP contribution in [0.3, 0.4) is 0 Å². The van der Waals surface area contributed by atoms with E-state index in [0.717, 1.165) is 34.3 Å².